The fraction of sp³-hybridized carbons (Fsp3) is 0.333. The lowest BCUT2D eigenvalue weighted by atomic mass is 10.2. The maximum Gasteiger partial charge on any atom is 0.205 e. The van der Waals surface area contributed by atoms with E-state index in [1.54, 1.807) is 11.3 Å². The Kier molecular flexibility index (Phi) is 4.39. The summed E-state index contributed by atoms with van der Waals surface area (Å²) in [6.45, 7) is 5.08. The molecule has 0 atom stereocenters. The Balaban J connectivity index is 1.95. The zero-order valence-electron chi connectivity index (χ0n) is 9.93. The summed E-state index contributed by atoms with van der Waals surface area (Å²) < 4.78 is 0. The van der Waals surface area contributed by atoms with Gasteiger partial charge in [-0.25, -0.2) is 0 Å². The van der Waals surface area contributed by atoms with Gasteiger partial charge in [-0.3, -0.25) is 0 Å². The maximum absolute atomic E-state index is 4.16. The van der Waals surface area contributed by atoms with Crippen molar-refractivity contribution in [3.05, 3.63) is 34.8 Å². The molecule has 0 bridgehead atoms. The van der Waals surface area contributed by atoms with Crippen LogP contribution in [0.1, 0.15) is 17.5 Å². The molecule has 0 aliphatic rings. The van der Waals surface area contributed by atoms with Gasteiger partial charge in [0.05, 0.1) is 5.75 Å². The van der Waals surface area contributed by atoms with Crippen molar-refractivity contribution in [1.82, 2.24) is 10.2 Å². The zero-order chi connectivity index (χ0) is 12.1. The van der Waals surface area contributed by atoms with E-state index in [0.29, 0.717) is 0 Å². The molecule has 0 saturated carbocycles. The van der Waals surface area contributed by atoms with Gasteiger partial charge in [0, 0.05) is 11.4 Å². The van der Waals surface area contributed by atoms with Gasteiger partial charge in [0.15, 0.2) is 0 Å². The molecule has 0 spiro atoms. The predicted molar refractivity (Wildman–Crippen MR) is 74.8 cm³/mol. The number of hydrogen-bond acceptors (Lipinski definition) is 5. The van der Waals surface area contributed by atoms with E-state index in [1.165, 1.54) is 10.5 Å². The van der Waals surface area contributed by atoms with E-state index >= 15 is 0 Å². The van der Waals surface area contributed by atoms with Crippen LogP contribution in [0.5, 0.6) is 0 Å². The Morgan fingerprint density at radius 2 is 2.12 bits per heavy atom. The second kappa shape index (κ2) is 6.02. The SMILES string of the molecule is CCNc1nnc(CSc2ccccc2C)s1. The van der Waals surface area contributed by atoms with E-state index in [-0.39, 0.29) is 0 Å². The van der Waals surface area contributed by atoms with Crippen molar-refractivity contribution in [2.75, 3.05) is 11.9 Å². The van der Waals surface area contributed by atoms with Crippen molar-refractivity contribution in [1.29, 1.82) is 0 Å². The molecule has 3 nitrogen and oxygen atoms in total. The summed E-state index contributed by atoms with van der Waals surface area (Å²) in [5.41, 5.74) is 1.31. The fourth-order valence-electron chi connectivity index (χ4n) is 1.39. The molecule has 0 saturated heterocycles. The summed E-state index contributed by atoms with van der Waals surface area (Å²) in [6, 6.07) is 8.41. The van der Waals surface area contributed by atoms with Crippen molar-refractivity contribution >= 4 is 28.2 Å². The summed E-state index contributed by atoms with van der Waals surface area (Å²) >= 11 is 3.44. The molecule has 17 heavy (non-hydrogen) atoms. The average molecular weight is 265 g/mol. The molecule has 0 radical (unpaired) electrons. The average Bonchev–Trinajstić information content (AvgIpc) is 2.76. The first-order valence-corrected chi connectivity index (χ1v) is 7.34. The van der Waals surface area contributed by atoms with Crippen LogP contribution in [0.15, 0.2) is 29.2 Å². The molecule has 5 heteroatoms. The number of aromatic nitrogens is 2. The second-order valence-electron chi connectivity index (χ2n) is 3.59. The molecule has 2 rings (SSSR count). The van der Waals surface area contributed by atoms with Gasteiger partial charge in [-0.15, -0.1) is 22.0 Å². The van der Waals surface area contributed by atoms with E-state index in [4.69, 9.17) is 0 Å². The third-order valence-corrected chi connectivity index (χ3v) is 4.49. The number of benzene rings is 1. The molecule has 0 amide bonds. The number of nitrogens with one attached hydrogen (secondary N) is 1. The molecule has 1 heterocycles. The highest BCUT2D eigenvalue weighted by Crippen LogP contribution is 2.27. The Labute approximate surface area is 110 Å². The van der Waals surface area contributed by atoms with Gasteiger partial charge in [0.2, 0.25) is 5.13 Å². The lowest BCUT2D eigenvalue weighted by Crippen LogP contribution is -1.94. The third-order valence-electron chi connectivity index (χ3n) is 2.24. The van der Waals surface area contributed by atoms with Crippen LogP contribution < -0.4 is 5.32 Å². The summed E-state index contributed by atoms with van der Waals surface area (Å²) in [7, 11) is 0. The molecular weight excluding hydrogens is 250 g/mol. The van der Waals surface area contributed by atoms with Gasteiger partial charge in [0.1, 0.15) is 5.01 Å². The zero-order valence-corrected chi connectivity index (χ0v) is 11.6. The molecule has 1 N–H and O–H groups in total. The highest BCUT2D eigenvalue weighted by Gasteiger charge is 2.04. The fourth-order valence-corrected chi connectivity index (χ4v) is 3.22. The quantitative estimate of drug-likeness (QED) is 0.839. The lowest BCUT2D eigenvalue weighted by molar-refractivity contribution is 1.03. The van der Waals surface area contributed by atoms with Crippen LogP contribution in [-0.2, 0) is 5.75 Å². The van der Waals surface area contributed by atoms with Gasteiger partial charge in [-0.2, -0.15) is 0 Å². The van der Waals surface area contributed by atoms with Crippen molar-refractivity contribution in [3.63, 3.8) is 0 Å². The molecule has 1 aromatic carbocycles. The van der Waals surface area contributed by atoms with Crippen LogP contribution in [0.3, 0.4) is 0 Å². The molecule has 1 aromatic heterocycles. The molecule has 2 aromatic rings. The Morgan fingerprint density at radius 3 is 2.88 bits per heavy atom. The normalized spacial score (nSPS) is 10.5. The number of thioether (sulfide) groups is 1. The third kappa shape index (κ3) is 3.44. The van der Waals surface area contributed by atoms with E-state index in [2.05, 4.69) is 53.6 Å². The molecule has 90 valence electrons. The standard InChI is InChI=1S/C12H15N3S2/c1-3-13-12-15-14-11(17-12)8-16-10-7-5-4-6-9(10)2/h4-7H,3,8H2,1-2H3,(H,13,15). The number of rotatable bonds is 5. The minimum absolute atomic E-state index is 0.883. The van der Waals surface area contributed by atoms with E-state index in [0.717, 1.165) is 22.4 Å². The Hall–Kier alpha value is -1.07. The Bertz CT molecular complexity index is 482. The minimum Gasteiger partial charge on any atom is -0.360 e. The van der Waals surface area contributed by atoms with Gasteiger partial charge in [0.25, 0.3) is 0 Å². The maximum atomic E-state index is 4.16. The summed E-state index contributed by atoms with van der Waals surface area (Å²) in [5.74, 6) is 0.883. The van der Waals surface area contributed by atoms with Crippen LogP contribution in [-0.4, -0.2) is 16.7 Å². The van der Waals surface area contributed by atoms with Crippen molar-refractivity contribution in [2.24, 2.45) is 0 Å². The second-order valence-corrected chi connectivity index (χ2v) is 5.66. The van der Waals surface area contributed by atoms with Crippen molar-refractivity contribution in [3.8, 4) is 0 Å². The van der Waals surface area contributed by atoms with Crippen LogP contribution >= 0.6 is 23.1 Å². The van der Waals surface area contributed by atoms with E-state index in [1.807, 2.05) is 11.8 Å². The predicted octanol–water partition coefficient (Wildman–Crippen LogP) is 3.57. The number of nitrogens with zero attached hydrogens (tertiary/aromatic N) is 2. The smallest absolute Gasteiger partial charge is 0.205 e. The first-order chi connectivity index (χ1) is 8.29. The van der Waals surface area contributed by atoms with Gasteiger partial charge in [-0.1, -0.05) is 29.5 Å². The molecular formula is C12H15N3S2. The van der Waals surface area contributed by atoms with Gasteiger partial charge < -0.3 is 5.32 Å². The summed E-state index contributed by atoms with van der Waals surface area (Å²) in [6.07, 6.45) is 0. The van der Waals surface area contributed by atoms with Gasteiger partial charge >= 0.3 is 0 Å². The highest BCUT2D eigenvalue weighted by molar-refractivity contribution is 7.98. The molecule has 0 fully saturated rings. The first-order valence-electron chi connectivity index (χ1n) is 5.54. The van der Waals surface area contributed by atoms with Crippen LogP contribution in [0.25, 0.3) is 0 Å². The topological polar surface area (TPSA) is 37.8 Å². The highest BCUT2D eigenvalue weighted by atomic mass is 32.2. The monoisotopic (exact) mass is 265 g/mol. The van der Waals surface area contributed by atoms with Crippen molar-refractivity contribution < 1.29 is 0 Å². The molecule has 0 unspecified atom stereocenters. The number of aryl methyl sites for hydroxylation is 1. The largest absolute Gasteiger partial charge is 0.360 e. The lowest BCUT2D eigenvalue weighted by Gasteiger charge is -2.02. The van der Waals surface area contributed by atoms with Crippen LogP contribution in [0.4, 0.5) is 5.13 Å². The molecule has 0 aliphatic carbocycles. The van der Waals surface area contributed by atoms with Crippen molar-refractivity contribution in [2.45, 2.75) is 24.5 Å². The van der Waals surface area contributed by atoms with Crippen LogP contribution in [0, 0.1) is 6.92 Å². The number of hydrogen-bond donors (Lipinski definition) is 1. The van der Waals surface area contributed by atoms with E-state index < -0.39 is 0 Å². The van der Waals surface area contributed by atoms with E-state index in [9.17, 15) is 0 Å². The first kappa shape index (κ1) is 12.4. The minimum atomic E-state index is 0.883. The molecule has 0 aliphatic heterocycles. The van der Waals surface area contributed by atoms with Crippen LogP contribution in [0.2, 0.25) is 0 Å². The summed E-state index contributed by atoms with van der Waals surface area (Å²) in [5, 5.41) is 13.4. The van der Waals surface area contributed by atoms with Gasteiger partial charge in [-0.05, 0) is 25.5 Å². The Morgan fingerprint density at radius 1 is 1.29 bits per heavy atom. The number of anilines is 1. The summed E-state index contributed by atoms with van der Waals surface area (Å²) in [4.78, 5) is 1.31.